The van der Waals surface area contributed by atoms with Gasteiger partial charge in [-0.05, 0) is 49.4 Å². The Balaban J connectivity index is 2.28. The second-order valence-corrected chi connectivity index (χ2v) is 4.17. The quantitative estimate of drug-likeness (QED) is 0.650. The van der Waals surface area contributed by atoms with Crippen LogP contribution < -0.4 is 16.2 Å². The summed E-state index contributed by atoms with van der Waals surface area (Å²) < 4.78 is 5.33. The molecule has 0 atom stereocenters. The maximum atomic E-state index is 12.3. The molecule has 0 aliphatic carbocycles. The van der Waals surface area contributed by atoms with E-state index in [1.165, 1.54) is 0 Å². The van der Waals surface area contributed by atoms with E-state index in [0.29, 0.717) is 29.1 Å². The SMILES string of the molecule is CCOc1ccc(C(=O)c2cc(N)cc(N)c2)cc1. The van der Waals surface area contributed by atoms with Crippen molar-refractivity contribution in [2.24, 2.45) is 0 Å². The van der Waals surface area contributed by atoms with Crippen molar-refractivity contribution in [3.63, 3.8) is 0 Å². The van der Waals surface area contributed by atoms with Gasteiger partial charge >= 0.3 is 0 Å². The molecule has 98 valence electrons. The van der Waals surface area contributed by atoms with E-state index in [9.17, 15) is 4.79 Å². The summed E-state index contributed by atoms with van der Waals surface area (Å²) in [7, 11) is 0. The maximum Gasteiger partial charge on any atom is 0.193 e. The molecule has 0 aromatic heterocycles. The van der Waals surface area contributed by atoms with Gasteiger partial charge in [-0.1, -0.05) is 0 Å². The molecule has 0 amide bonds. The van der Waals surface area contributed by atoms with Crippen LogP contribution in [0, 0.1) is 0 Å². The molecule has 0 bridgehead atoms. The average molecular weight is 256 g/mol. The zero-order chi connectivity index (χ0) is 13.8. The first-order valence-corrected chi connectivity index (χ1v) is 6.03. The number of benzene rings is 2. The van der Waals surface area contributed by atoms with E-state index in [2.05, 4.69) is 0 Å². The Morgan fingerprint density at radius 1 is 1.00 bits per heavy atom. The summed E-state index contributed by atoms with van der Waals surface area (Å²) in [5.74, 6) is 0.633. The number of ether oxygens (including phenoxy) is 1. The summed E-state index contributed by atoms with van der Waals surface area (Å²) in [4.78, 5) is 12.3. The van der Waals surface area contributed by atoms with Crippen molar-refractivity contribution >= 4 is 17.2 Å². The van der Waals surface area contributed by atoms with E-state index in [4.69, 9.17) is 16.2 Å². The Labute approximate surface area is 112 Å². The molecule has 19 heavy (non-hydrogen) atoms. The van der Waals surface area contributed by atoms with Gasteiger partial charge in [0, 0.05) is 22.5 Å². The van der Waals surface area contributed by atoms with Gasteiger partial charge in [0.05, 0.1) is 6.61 Å². The lowest BCUT2D eigenvalue weighted by atomic mass is 10.0. The molecule has 0 aliphatic heterocycles. The van der Waals surface area contributed by atoms with Crippen molar-refractivity contribution in [3.8, 4) is 5.75 Å². The topological polar surface area (TPSA) is 78.3 Å². The number of nitrogens with two attached hydrogens (primary N) is 2. The van der Waals surface area contributed by atoms with E-state index < -0.39 is 0 Å². The molecule has 0 unspecified atom stereocenters. The minimum atomic E-state index is -0.109. The second kappa shape index (κ2) is 5.44. The average Bonchev–Trinajstić information content (AvgIpc) is 2.38. The number of ketones is 1. The largest absolute Gasteiger partial charge is 0.494 e. The fraction of sp³-hybridized carbons (Fsp3) is 0.133. The Kier molecular flexibility index (Phi) is 3.71. The highest BCUT2D eigenvalue weighted by atomic mass is 16.5. The van der Waals surface area contributed by atoms with Crippen molar-refractivity contribution < 1.29 is 9.53 Å². The molecule has 4 N–H and O–H groups in total. The van der Waals surface area contributed by atoms with Crippen LogP contribution in [0.2, 0.25) is 0 Å². The number of hydrogen-bond donors (Lipinski definition) is 2. The number of nitrogen functional groups attached to an aromatic ring is 2. The third-order valence-electron chi connectivity index (χ3n) is 2.67. The van der Waals surface area contributed by atoms with Crippen LogP contribution in [0.5, 0.6) is 5.75 Å². The number of anilines is 2. The molecule has 0 radical (unpaired) electrons. The molecule has 2 aromatic rings. The van der Waals surface area contributed by atoms with Gasteiger partial charge in [-0.2, -0.15) is 0 Å². The molecule has 4 nitrogen and oxygen atoms in total. The van der Waals surface area contributed by atoms with Crippen molar-refractivity contribution in [1.29, 1.82) is 0 Å². The first-order chi connectivity index (χ1) is 9.10. The van der Waals surface area contributed by atoms with E-state index >= 15 is 0 Å². The van der Waals surface area contributed by atoms with Gasteiger partial charge < -0.3 is 16.2 Å². The van der Waals surface area contributed by atoms with Crippen molar-refractivity contribution in [2.45, 2.75) is 6.92 Å². The molecule has 0 saturated heterocycles. The molecule has 0 aliphatic rings. The minimum Gasteiger partial charge on any atom is -0.494 e. The summed E-state index contributed by atoms with van der Waals surface area (Å²) in [6.45, 7) is 2.51. The molecular weight excluding hydrogens is 240 g/mol. The number of carbonyl (C=O) groups excluding carboxylic acids is 1. The molecule has 4 heteroatoms. The Hall–Kier alpha value is -2.49. The first kappa shape index (κ1) is 13.0. The Morgan fingerprint density at radius 2 is 1.58 bits per heavy atom. The number of hydrogen-bond acceptors (Lipinski definition) is 4. The Bertz CT molecular complexity index is 571. The van der Waals surface area contributed by atoms with Crippen LogP contribution in [0.3, 0.4) is 0 Å². The highest BCUT2D eigenvalue weighted by Gasteiger charge is 2.10. The van der Waals surface area contributed by atoms with Gasteiger partial charge in [0.2, 0.25) is 0 Å². The summed E-state index contributed by atoms with van der Waals surface area (Å²) in [6, 6.07) is 11.9. The molecule has 0 saturated carbocycles. The minimum absolute atomic E-state index is 0.109. The highest BCUT2D eigenvalue weighted by Crippen LogP contribution is 2.19. The predicted octanol–water partition coefficient (Wildman–Crippen LogP) is 2.48. The third kappa shape index (κ3) is 3.04. The molecule has 0 heterocycles. The lowest BCUT2D eigenvalue weighted by Crippen LogP contribution is -2.03. The van der Waals surface area contributed by atoms with Crippen LogP contribution in [-0.4, -0.2) is 12.4 Å². The van der Waals surface area contributed by atoms with E-state index in [1.807, 2.05) is 6.92 Å². The van der Waals surface area contributed by atoms with Gasteiger partial charge in [-0.25, -0.2) is 0 Å². The molecular formula is C15H16N2O2. The van der Waals surface area contributed by atoms with Gasteiger partial charge in [0.1, 0.15) is 5.75 Å². The highest BCUT2D eigenvalue weighted by molar-refractivity contribution is 6.09. The fourth-order valence-electron chi connectivity index (χ4n) is 1.84. The lowest BCUT2D eigenvalue weighted by molar-refractivity contribution is 0.103. The van der Waals surface area contributed by atoms with Crippen LogP contribution in [0.25, 0.3) is 0 Å². The predicted molar refractivity (Wildman–Crippen MR) is 76.3 cm³/mol. The van der Waals surface area contributed by atoms with Crippen LogP contribution >= 0.6 is 0 Å². The fourth-order valence-corrected chi connectivity index (χ4v) is 1.84. The summed E-state index contributed by atoms with van der Waals surface area (Å²) in [6.07, 6.45) is 0. The van der Waals surface area contributed by atoms with Crippen molar-refractivity contribution in [1.82, 2.24) is 0 Å². The van der Waals surface area contributed by atoms with Gasteiger partial charge in [0.25, 0.3) is 0 Å². The molecule has 0 fully saturated rings. The molecule has 2 aromatic carbocycles. The third-order valence-corrected chi connectivity index (χ3v) is 2.67. The van der Waals surface area contributed by atoms with Crippen LogP contribution in [0.4, 0.5) is 11.4 Å². The zero-order valence-electron chi connectivity index (χ0n) is 10.7. The smallest absolute Gasteiger partial charge is 0.193 e. The summed E-state index contributed by atoms with van der Waals surface area (Å²) >= 11 is 0. The lowest BCUT2D eigenvalue weighted by Gasteiger charge is -2.06. The molecule has 2 rings (SSSR count). The van der Waals surface area contributed by atoms with Crippen molar-refractivity contribution in [2.75, 3.05) is 18.1 Å². The first-order valence-electron chi connectivity index (χ1n) is 6.03. The van der Waals surface area contributed by atoms with Crippen molar-refractivity contribution in [3.05, 3.63) is 53.6 Å². The van der Waals surface area contributed by atoms with Gasteiger partial charge in [-0.3, -0.25) is 4.79 Å². The summed E-state index contributed by atoms with van der Waals surface area (Å²) in [5.41, 5.74) is 13.4. The Morgan fingerprint density at radius 3 is 2.11 bits per heavy atom. The normalized spacial score (nSPS) is 10.2. The van der Waals surface area contributed by atoms with E-state index in [-0.39, 0.29) is 5.78 Å². The monoisotopic (exact) mass is 256 g/mol. The maximum absolute atomic E-state index is 12.3. The van der Waals surface area contributed by atoms with Gasteiger partial charge in [-0.15, -0.1) is 0 Å². The van der Waals surface area contributed by atoms with E-state index in [0.717, 1.165) is 5.75 Å². The second-order valence-electron chi connectivity index (χ2n) is 4.17. The molecule has 0 spiro atoms. The zero-order valence-corrected chi connectivity index (χ0v) is 10.7. The summed E-state index contributed by atoms with van der Waals surface area (Å²) in [5, 5.41) is 0. The number of carbonyl (C=O) groups is 1. The van der Waals surface area contributed by atoms with Crippen LogP contribution in [0.1, 0.15) is 22.8 Å². The van der Waals surface area contributed by atoms with E-state index in [1.54, 1.807) is 42.5 Å². The number of rotatable bonds is 4. The van der Waals surface area contributed by atoms with Crippen LogP contribution in [-0.2, 0) is 0 Å². The van der Waals surface area contributed by atoms with Gasteiger partial charge in [0.15, 0.2) is 5.78 Å². The van der Waals surface area contributed by atoms with Crippen LogP contribution in [0.15, 0.2) is 42.5 Å². The standard InChI is InChI=1S/C15H16N2O2/c1-2-19-14-5-3-10(4-6-14)15(18)11-7-12(16)9-13(17)8-11/h3-9H,2,16-17H2,1H3.